The number of rotatable bonds is 4. The predicted molar refractivity (Wildman–Crippen MR) is 126 cm³/mol. The van der Waals surface area contributed by atoms with E-state index in [2.05, 4.69) is 59.0 Å². The molecule has 164 valence electrons. The summed E-state index contributed by atoms with van der Waals surface area (Å²) in [6.45, 7) is 9.63. The molecule has 32 heavy (non-hydrogen) atoms. The zero-order valence-electron chi connectivity index (χ0n) is 18.9. The van der Waals surface area contributed by atoms with Gasteiger partial charge in [-0.2, -0.15) is 0 Å². The van der Waals surface area contributed by atoms with Crippen molar-refractivity contribution in [2.45, 2.75) is 45.6 Å². The third-order valence-electron chi connectivity index (χ3n) is 7.10. The number of nitrogens with one attached hydrogen (secondary N) is 1. The Balaban J connectivity index is 1.33. The van der Waals surface area contributed by atoms with Gasteiger partial charge in [-0.05, 0) is 36.3 Å². The van der Waals surface area contributed by atoms with Crippen LogP contribution in [0.4, 0.5) is 5.82 Å². The van der Waals surface area contributed by atoms with Gasteiger partial charge in [0.2, 0.25) is 5.71 Å². The third kappa shape index (κ3) is 3.25. The zero-order chi connectivity index (χ0) is 21.7. The van der Waals surface area contributed by atoms with Gasteiger partial charge < -0.3 is 14.2 Å². The zero-order valence-corrected chi connectivity index (χ0v) is 18.9. The largest absolute Gasteiger partial charge is 0.432 e. The maximum atomic E-state index is 6.39. The lowest BCUT2D eigenvalue weighted by atomic mass is 9.99. The summed E-state index contributed by atoms with van der Waals surface area (Å²) >= 11 is 0. The summed E-state index contributed by atoms with van der Waals surface area (Å²) < 4.78 is 6.39. The highest BCUT2D eigenvalue weighted by molar-refractivity contribution is 6.06. The van der Waals surface area contributed by atoms with E-state index in [0.717, 1.165) is 73.6 Å². The molecule has 0 bridgehead atoms. The second-order valence-corrected chi connectivity index (χ2v) is 9.52. The van der Waals surface area contributed by atoms with Crippen LogP contribution < -0.4 is 9.80 Å². The summed E-state index contributed by atoms with van der Waals surface area (Å²) in [7, 11) is 0. The Hall–Kier alpha value is -2.99. The van der Waals surface area contributed by atoms with Crippen LogP contribution in [-0.4, -0.2) is 41.1 Å². The van der Waals surface area contributed by atoms with E-state index in [1.165, 1.54) is 28.8 Å². The molecule has 0 spiro atoms. The molecule has 0 radical (unpaired) electrons. The number of pyridine rings is 1. The molecule has 6 rings (SSSR count). The minimum absolute atomic E-state index is 0.394. The van der Waals surface area contributed by atoms with Crippen molar-refractivity contribution < 1.29 is 9.32 Å². The molecule has 1 N–H and O–H groups in total. The lowest BCUT2D eigenvalue weighted by Gasteiger charge is -2.32. The minimum atomic E-state index is 0.394. The monoisotopic (exact) mass is 428 g/mol. The highest BCUT2D eigenvalue weighted by Gasteiger charge is 2.29. The number of piperazine rings is 1. The van der Waals surface area contributed by atoms with E-state index in [9.17, 15) is 0 Å². The number of fused-ring (bicyclic) bond motifs is 5. The SMILES string of the molecule is CC(C)c1nc2oc3c(N4CC[NH+](Cc5ccccc5)CC4)ncnc3c2c2c1CCC2. The van der Waals surface area contributed by atoms with E-state index < -0.39 is 0 Å². The molecule has 1 saturated heterocycles. The quantitative estimate of drug-likeness (QED) is 0.541. The Kier molecular flexibility index (Phi) is 4.83. The van der Waals surface area contributed by atoms with Gasteiger partial charge in [0, 0.05) is 5.56 Å². The highest BCUT2D eigenvalue weighted by atomic mass is 16.3. The summed E-state index contributed by atoms with van der Waals surface area (Å²) in [6, 6.07) is 10.8. The molecule has 1 aromatic carbocycles. The lowest BCUT2D eigenvalue weighted by molar-refractivity contribution is -0.914. The number of anilines is 1. The molecule has 0 atom stereocenters. The molecule has 0 amide bonds. The summed E-state index contributed by atoms with van der Waals surface area (Å²) in [5.41, 5.74) is 7.89. The average Bonchev–Trinajstić information content (AvgIpc) is 3.44. The van der Waals surface area contributed by atoms with E-state index in [4.69, 9.17) is 9.40 Å². The Morgan fingerprint density at radius 1 is 1.03 bits per heavy atom. The van der Waals surface area contributed by atoms with Crippen LogP contribution in [0.25, 0.3) is 22.2 Å². The number of benzene rings is 1. The van der Waals surface area contributed by atoms with Crippen molar-refractivity contribution in [2.24, 2.45) is 0 Å². The van der Waals surface area contributed by atoms with E-state index >= 15 is 0 Å². The number of quaternary nitrogens is 1. The number of nitrogens with zero attached hydrogens (tertiary/aromatic N) is 4. The van der Waals surface area contributed by atoms with Crippen molar-refractivity contribution in [3.8, 4) is 0 Å². The molecule has 1 aliphatic carbocycles. The third-order valence-corrected chi connectivity index (χ3v) is 7.10. The Morgan fingerprint density at radius 2 is 1.81 bits per heavy atom. The van der Waals surface area contributed by atoms with Gasteiger partial charge in [0.25, 0.3) is 0 Å². The van der Waals surface area contributed by atoms with Crippen LogP contribution in [0, 0.1) is 0 Å². The van der Waals surface area contributed by atoms with Gasteiger partial charge in [-0.25, -0.2) is 15.0 Å². The maximum absolute atomic E-state index is 6.39. The van der Waals surface area contributed by atoms with Crippen molar-refractivity contribution in [1.82, 2.24) is 15.0 Å². The van der Waals surface area contributed by atoms with Crippen molar-refractivity contribution in [3.63, 3.8) is 0 Å². The number of aromatic nitrogens is 3. The molecule has 3 aromatic heterocycles. The fraction of sp³-hybridized carbons (Fsp3) is 0.423. The second kappa shape index (κ2) is 7.85. The second-order valence-electron chi connectivity index (χ2n) is 9.52. The molecule has 6 nitrogen and oxygen atoms in total. The molecule has 1 aliphatic heterocycles. The normalized spacial score (nSPS) is 17.0. The van der Waals surface area contributed by atoms with Gasteiger partial charge in [0.1, 0.15) is 18.4 Å². The van der Waals surface area contributed by atoms with E-state index in [-0.39, 0.29) is 0 Å². The first-order valence-electron chi connectivity index (χ1n) is 11.9. The average molecular weight is 429 g/mol. The molecule has 6 heteroatoms. The van der Waals surface area contributed by atoms with Crippen LogP contribution in [0.3, 0.4) is 0 Å². The van der Waals surface area contributed by atoms with E-state index in [0.29, 0.717) is 5.92 Å². The Bertz CT molecular complexity index is 1270. The summed E-state index contributed by atoms with van der Waals surface area (Å²) in [5.74, 6) is 1.32. The molecule has 4 heterocycles. The fourth-order valence-electron chi connectivity index (χ4n) is 5.51. The van der Waals surface area contributed by atoms with Crippen LogP contribution >= 0.6 is 0 Å². The maximum Gasteiger partial charge on any atom is 0.229 e. The first kappa shape index (κ1) is 19.7. The lowest BCUT2D eigenvalue weighted by Crippen LogP contribution is -3.13. The Labute approximate surface area is 188 Å². The molecule has 1 fully saturated rings. The smallest absolute Gasteiger partial charge is 0.229 e. The summed E-state index contributed by atoms with van der Waals surface area (Å²) in [5, 5.41) is 1.12. The van der Waals surface area contributed by atoms with Gasteiger partial charge >= 0.3 is 0 Å². The molecular formula is C26H30N5O+. The fourth-order valence-corrected chi connectivity index (χ4v) is 5.51. The van der Waals surface area contributed by atoms with Crippen LogP contribution in [-0.2, 0) is 19.4 Å². The molecule has 0 saturated carbocycles. The summed E-state index contributed by atoms with van der Waals surface area (Å²) in [6.07, 6.45) is 5.09. The van der Waals surface area contributed by atoms with Crippen molar-refractivity contribution in [3.05, 3.63) is 59.0 Å². The van der Waals surface area contributed by atoms with E-state index in [1.54, 1.807) is 11.2 Å². The van der Waals surface area contributed by atoms with Gasteiger partial charge in [0.05, 0.1) is 37.3 Å². The first-order valence-corrected chi connectivity index (χ1v) is 11.9. The van der Waals surface area contributed by atoms with Crippen LogP contribution in [0.1, 0.15) is 48.6 Å². The Morgan fingerprint density at radius 3 is 2.59 bits per heavy atom. The van der Waals surface area contributed by atoms with Gasteiger partial charge in [0.15, 0.2) is 11.4 Å². The van der Waals surface area contributed by atoms with Gasteiger partial charge in [-0.1, -0.05) is 44.2 Å². The standard InChI is InChI=1S/C26H29N5O/c1-17(2)22-20-10-6-9-19(20)21-23-24(32-26(21)29-22)25(28-16-27-23)31-13-11-30(12-14-31)15-18-7-4-3-5-8-18/h3-5,7-8,16-17H,6,9-15H2,1-2H3/p+1. The molecular weight excluding hydrogens is 398 g/mol. The highest BCUT2D eigenvalue weighted by Crippen LogP contribution is 2.40. The molecule has 0 unspecified atom stereocenters. The van der Waals surface area contributed by atoms with Crippen LogP contribution in [0.2, 0.25) is 0 Å². The first-order chi connectivity index (χ1) is 15.7. The topological polar surface area (TPSA) is 59.5 Å². The van der Waals surface area contributed by atoms with Gasteiger partial charge in [-0.3, -0.25) is 0 Å². The molecule has 4 aromatic rings. The molecule has 2 aliphatic rings. The summed E-state index contributed by atoms with van der Waals surface area (Å²) in [4.78, 5) is 18.3. The number of furan rings is 1. The van der Waals surface area contributed by atoms with Crippen molar-refractivity contribution >= 4 is 28.0 Å². The van der Waals surface area contributed by atoms with Gasteiger partial charge in [-0.15, -0.1) is 0 Å². The number of hydrogen-bond acceptors (Lipinski definition) is 5. The van der Waals surface area contributed by atoms with Crippen molar-refractivity contribution in [2.75, 3.05) is 31.1 Å². The van der Waals surface area contributed by atoms with Crippen molar-refractivity contribution in [1.29, 1.82) is 0 Å². The van der Waals surface area contributed by atoms with Crippen LogP contribution in [0.5, 0.6) is 0 Å². The van der Waals surface area contributed by atoms with E-state index in [1.807, 2.05) is 0 Å². The number of hydrogen-bond donors (Lipinski definition) is 1. The number of aryl methyl sites for hydroxylation is 1. The minimum Gasteiger partial charge on any atom is -0.432 e. The van der Waals surface area contributed by atoms with Crippen LogP contribution in [0.15, 0.2) is 41.1 Å². The predicted octanol–water partition coefficient (Wildman–Crippen LogP) is 3.29.